The third-order valence-corrected chi connectivity index (χ3v) is 4.54. The highest BCUT2D eigenvalue weighted by atomic mass is 16.2. The number of rotatable bonds is 4. The number of hydrogen-bond donors (Lipinski definition) is 1. The molecule has 24 heavy (non-hydrogen) atoms. The zero-order valence-corrected chi connectivity index (χ0v) is 13.8. The molecule has 0 bridgehead atoms. The molecular formula is C18H23N3O3. The molecule has 1 N–H and O–H groups in total. The number of carbonyl (C=O) groups excluding carboxylic acids is 3. The third-order valence-electron chi connectivity index (χ3n) is 4.54. The predicted molar refractivity (Wildman–Crippen MR) is 90.6 cm³/mol. The lowest BCUT2D eigenvalue weighted by atomic mass is 10.1. The van der Waals surface area contributed by atoms with Gasteiger partial charge in [0.05, 0.1) is 6.54 Å². The van der Waals surface area contributed by atoms with Crippen molar-refractivity contribution in [2.24, 2.45) is 0 Å². The van der Waals surface area contributed by atoms with E-state index in [1.807, 2.05) is 4.90 Å². The summed E-state index contributed by atoms with van der Waals surface area (Å²) in [4.78, 5) is 39.8. The molecule has 0 spiro atoms. The van der Waals surface area contributed by atoms with Gasteiger partial charge in [-0.3, -0.25) is 14.4 Å². The van der Waals surface area contributed by atoms with Crippen molar-refractivity contribution in [3.05, 3.63) is 29.8 Å². The van der Waals surface area contributed by atoms with Crippen LogP contribution in [0.3, 0.4) is 0 Å². The Morgan fingerprint density at radius 3 is 2.54 bits per heavy atom. The van der Waals surface area contributed by atoms with Crippen molar-refractivity contribution in [3.8, 4) is 0 Å². The van der Waals surface area contributed by atoms with E-state index < -0.39 is 0 Å². The van der Waals surface area contributed by atoms with Crippen LogP contribution in [-0.2, 0) is 9.59 Å². The maximum absolute atomic E-state index is 12.4. The average molecular weight is 329 g/mol. The number of carbonyl (C=O) groups is 3. The van der Waals surface area contributed by atoms with Crippen molar-refractivity contribution < 1.29 is 14.4 Å². The molecule has 0 aromatic heterocycles. The molecule has 0 atom stereocenters. The van der Waals surface area contributed by atoms with Gasteiger partial charge in [0, 0.05) is 37.3 Å². The fraction of sp³-hybridized carbons (Fsp3) is 0.500. The molecule has 0 unspecified atom stereocenters. The van der Waals surface area contributed by atoms with Gasteiger partial charge >= 0.3 is 0 Å². The maximum atomic E-state index is 12.4. The molecule has 128 valence electrons. The summed E-state index contributed by atoms with van der Waals surface area (Å²) in [5.41, 5.74) is 1.18. The normalized spacial score (nSPS) is 17.9. The lowest BCUT2D eigenvalue weighted by Crippen LogP contribution is -2.40. The zero-order chi connectivity index (χ0) is 16.9. The molecule has 2 heterocycles. The topological polar surface area (TPSA) is 69.7 Å². The van der Waals surface area contributed by atoms with Crippen LogP contribution in [0.5, 0.6) is 0 Å². The Kier molecular flexibility index (Phi) is 5.13. The van der Waals surface area contributed by atoms with Crippen molar-refractivity contribution in [3.63, 3.8) is 0 Å². The molecule has 1 aromatic rings. The Labute approximate surface area is 141 Å². The molecule has 6 heteroatoms. The number of benzene rings is 1. The van der Waals surface area contributed by atoms with Crippen molar-refractivity contribution in [1.82, 2.24) is 9.80 Å². The standard InChI is InChI=1S/C18H23N3O3/c22-16(13-21-11-2-1-8-17(21)23)19-15-7-5-6-14(12-15)18(24)20-9-3-4-10-20/h5-7,12H,1-4,8-11,13H2,(H,19,22). The predicted octanol–water partition coefficient (Wildman–Crippen LogP) is 1.87. The first kappa shape index (κ1) is 16.5. The minimum atomic E-state index is -0.226. The molecule has 2 aliphatic heterocycles. The summed E-state index contributed by atoms with van der Waals surface area (Å²) in [7, 11) is 0. The van der Waals surface area contributed by atoms with Gasteiger partial charge in [0.15, 0.2) is 0 Å². The van der Waals surface area contributed by atoms with E-state index in [0.29, 0.717) is 24.2 Å². The van der Waals surface area contributed by atoms with Crippen molar-refractivity contribution in [1.29, 1.82) is 0 Å². The van der Waals surface area contributed by atoms with Crippen LogP contribution >= 0.6 is 0 Å². The molecule has 0 saturated carbocycles. The number of nitrogens with one attached hydrogen (secondary N) is 1. The van der Waals surface area contributed by atoms with E-state index in [2.05, 4.69) is 5.32 Å². The Hall–Kier alpha value is -2.37. The Morgan fingerprint density at radius 1 is 1.04 bits per heavy atom. The lowest BCUT2D eigenvalue weighted by Gasteiger charge is -2.26. The Morgan fingerprint density at radius 2 is 1.79 bits per heavy atom. The van der Waals surface area contributed by atoms with Gasteiger partial charge < -0.3 is 15.1 Å². The quantitative estimate of drug-likeness (QED) is 0.917. The first-order valence-corrected chi connectivity index (χ1v) is 8.60. The Balaban J connectivity index is 1.60. The third kappa shape index (κ3) is 3.93. The van der Waals surface area contributed by atoms with E-state index in [1.54, 1.807) is 29.2 Å². The minimum Gasteiger partial charge on any atom is -0.339 e. The average Bonchev–Trinajstić information content (AvgIpc) is 3.11. The van der Waals surface area contributed by atoms with Crippen LogP contribution in [0.4, 0.5) is 5.69 Å². The number of anilines is 1. The van der Waals surface area contributed by atoms with Gasteiger partial charge in [0.1, 0.15) is 0 Å². The highest BCUT2D eigenvalue weighted by Gasteiger charge is 2.21. The van der Waals surface area contributed by atoms with Crippen LogP contribution in [0.15, 0.2) is 24.3 Å². The van der Waals surface area contributed by atoms with Crippen molar-refractivity contribution >= 4 is 23.4 Å². The van der Waals surface area contributed by atoms with Gasteiger partial charge in [-0.25, -0.2) is 0 Å². The number of amides is 3. The fourth-order valence-electron chi connectivity index (χ4n) is 3.24. The van der Waals surface area contributed by atoms with Crippen molar-refractivity contribution in [2.75, 3.05) is 31.5 Å². The van der Waals surface area contributed by atoms with E-state index in [0.717, 1.165) is 38.8 Å². The van der Waals surface area contributed by atoms with Crippen LogP contribution in [-0.4, -0.2) is 53.7 Å². The highest BCUT2D eigenvalue weighted by molar-refractivity contribution is 5.98. The van der Waals surface area contributed by atoms with E-state index in [4.69, 9.17) is 0 Å². The van der Waals surface area contributed by atoms with E-state index in [-0.39, 0.29) is 24.3 Å². The summed E-state index contributed by atoms with van der Waals surface area (Å²) < 4.78 is 0. The minimum absolute atomic E-state index is 0.00908. The monoisotopic (exact) mass is 329 g/mol. The zero-order valence-electron chi connectivity index (χ0n) is 13.8. The van der Waals surface area contributed by atoms with Gasteiger partial charge in [-0.15, -0.1) is 0 Å². The molecule has 0 radical (unpaired) electrons. The van der Waals surface area contributed by atoms with Crippen LogP contribution in [0.2, 0.25) is 0 Å². The first-order chi connectivity index (χ1) is 11.6. The fourth-order valence-corrected chi connectivity index (χ4v) is 3.24. The first-order valence-electron chi connectivity index (χ1n) is 8.60. The second kappa shape index (κ2) is 7.47. The van der Waals surface area contributed by atoms with E-state index in [9.17, 15) is 14.4 Å². The molecule has 0 aliphatic carbocycles. The van der Waals surface area contributed by atoms with Crippen molar-refractivity contribution in [2.45, 2.75) is 32.1 Å². The van der Waals surface area contributed by atoms with Crippen LogP contribution in [0, 0.1) is 0 Å². The molecule has 6 nitrogen and oxygen atoms in total. The summed E-state index contributed by atoms with van der Waals surface area (Å²) >= 11 is 0. The number of nitrogens with zero attached hydrogens (tertiary/aromatic N) is 2. The summed E-state index contributed by atoms with van der Waals surface area (Å²) in [6, 6.07) is 7.00. The molecular weight excluding hydrogens is 306 g/mol. The van der Waals surface area contributed by atoms with Gasteiger partial charge in [-0.2, -0.15) is 0 Å². The smallest absolute Gasteiger partial charge is 0.253 e. The van der Waals surface area contributed by atoms with Gasteiger partial charge in [0.25, 0.3) is 5.91 Å². The van der Waals surface area contributed by atoms with E-state index >= 15 is 0 Å². The largest absolute Gasteiger partial charge is 0.339 e. The highest BCUT2D eigenvalue weighted by Crippen LogP contribution is 2.17. The maximum Gasteiger partial charge on any atom is 0.253 e. The molecule has 3 rings (SSSR count). The second-order valence-electron chi connectivity index (χ2n) is 6.40. The molecule has 2 aliphatic rings. The summed E-state index contributed by atoms with van der Waals surface area (Å²) in [5.74, 6) is -0.180. The van der Waals surface area contributed by atoms with Gasteiger partial charge in [-0.1, -0.05) is 6.07 Å². The van der Waals surface area contributed by atoms with Gasteiger partial charge in [-0.05, 0) is 43.9 Å². The lowest BCUT2D eigenvalue weighted by molar-refractivity contribution is -0.136. The summed E-state index contributed by atoms with van der Waals surface area (Å²) in [6.45, 7) is 2.31. The molecule has 2 saturated heterocycles. The second-order valence-corrected chi connectivity index (χ2v) is 6.40. The number of hydrogen-bond acceptors (Lipinski definition) is 3. The summed E-state index contributed by atoms with van der Waals surface area (Å²) in [6.07, 6.45) is 4.46. The van der Waals surface area contributed by atoms with Crippen LogP contribution in [0.1, 0.15) is 42.5 Å². The Bertz CT molecular complexity index is 638. The SMILES string of the molecule is O=C(CN1CCCCC1=O)Nc1cccc(C(=O)N2CCCC2)c1. The molecule has 3 amide bonds. The summed E-state index contributed by atoms with van der Waals surface area (Å²) in [5, 5.41) is 2.79. The van der Waals surface area contributed by atoms with Crippen LogP contribution in [0.25, 0.3) is 0 Å². The number of piperidine rings is 1. The molecule has 1 aromatic carbocycles. The number of likely N-dealkylation sites (tertiary alicyclic amines) is 2. The van der Waals surface area contributed by atoms with Crippen LogP contribution < -0.4 is 5.32 Å². The molecule has 2 fully saturated rings. The van der Waals surface area contributed by atoms with E-state index in [1.165, 1.54) is 0 Å². The van der Waals surface area contributed by atoms with Gasteiger partial charge in [0.2, 0.25) is 11.8 Å².